The summed E-state index contributed by atoms with van der Waals surface area (Å²) in [5, 5.41) is 18.9. The molecule has 0 bridgehead atoms. The van der Waals surface area contributed by atoms with Crippen molar-refractivity contribution in [1.82, 2.24) is 4.90 Å². The quantitative estimate of drug-likeness (QED) is 0.569. The van der Waals surface area contributed by atoms with Crippen molar-refractivity contribution in [3.63, 3.8) is 0 Å². The Morgan fingerprint density at radius 1 is 1.10 bits per heavy atom. The van der Waals surface area contributed by atoms with Crippen molar-refractivity contribution < 1.29 is 27.8 Å². The van der Waals surface area contributed by atoms with E-state index < -0.39 is 28.0 Å². The molecule has 7 nitrogen and oxygen atoms in total. The molecule has 0 saturated heterocycles. The van der Waals surface area contributed by atoms with Crippen LogP contribution in [0.4, 0.5) is 10.1 Å². The topological polar surface area (TPSA) is 107 Å². The van der Waals surface area contributed by atoms with Crippen LogP contribution >= 0.6 is 0 Å². The van der Waals surface area contributed by atoms with Gasteiger partial charge in [-0.05, 0) is 55.8 Å². The number of halogens is 1. The second-order valence-electron chi connectivity index (χ2n) is 6.86. The molecule has 0 aliphatic heterocycles. The highest BCUT2D eigenvalue weighted by Crippen LogP contribution is 2.18. The highest BCUT2D eigenvalue weighted by molar-refractivity contribution is 7.92. The summed E-state index contributed by atoms with van der Waals surface area (Å²) >= 11 is 0. The Labute approximate surface area is 169 Å². The number of nitrogens with zero attached hydrogens (tertiary/aromatic N) is 1. The van der Waals surface area contributed by atoms with E-state index in [2.05, 4.69) is 4.72 Å². The summed E-state index contributed by atoms with van der Waals surface area (Å²) in [6.07, 6.45) is -0.682. The third kappa shape index (κ3) is 6.52. The molecular weight excluding hydrogens is 399 g/mol. The van der Waals surface area contributed by atoms with Crippen LogP contribution in [0.3, 0.4) is 0 Å². The summed E-state index contributed by atoms with van der Waals surface area (Å²) in [7, 11) is -3.85. The first-order chi connectivity index (χ1) is 13.6. The van der Waals surface area contributed by atoms with E-state index in [9.17, 15) is 27.8 Å². The number of anilines is 1. The van der Waals surface area contributed by atoms with E-state index in [0.717, 1.165) is 12.1 Å². The van der Waals surface area contributed by atoms with Crippen LogP contribution in [0.5, 0.6) is 0 Å². The van der Waals surface area contributed by atoms with Gasteiger partial charge in [-0.15, -0.1) is 0 Å². The predicted octanol–water partition coefficient (Wildman–Crippen LogP) is 1.76. The Bertz CT molecular complexity index is 915. The molecule has 2 aromatic carbocycles. The second kappa shape index (κ2) is 9.82. The van der Waals surface area contributed by atoms with Gasteiger partial charge in [0.25, 0.3) is 10.0 Å². The van der Waals surface area contributed by atoms with Gasteiger partial charge in [0.15, 0.2) is 0 Å². The molecular formula is C20H25FN2O5S. The average molecular weight is 424 g/mol. The van der Waals surface area contributed by atoms with Gasteiger partial charge >= 0.3 is 0 Å². The molecule has 0 saturated carbocycles. The number of carbonyl (C=O) groups excluding carboxylic acids is 1. The van der Waals surface area contributed by atoms with Crippen molar-refractivity contribution in [2.24, 2.45) is 0 Å². The van der Waals surface area contributed by atoms with Crippen molar-refractivity contribution in [2.75, 3.05) is 17.9 Å². The fourth-order valence-corrected chi connectivity index (χ4v) is 3.76. The number of sulfonamides is 1. The molecule has 158 valence electrons. The zero-order chi connectivity index (χ0) is 21.6. The number of aliphatic hydroxyl groups excluding tert-OH is 2. The SMILES string of the molecule is CC(O)CN(C(=O)Cc1ccc(NS(=O)(=O)c2ccc(F)cc2)cc1)C(C)CO. The first-order valence-corrected chi connectivity index (χ1v) is 10.6. The molecule has 9 heteroatoms. The van der Waals surface area contributed by atoms with E-state index in [0.29, 0.717) is 11.3 Å². The molecule has 0 fully saturated rings. The van der Waals surface area contributed by atoms with Crippen LogP contribution in [0, 0.1) is 5.82 Å². The van der Waals surface area contributed by atoms with Crippen LogP contribution in [-0.2, 0) is 21.2 Å². The van der Waals surface area contributed by atoms with Crippen LogP contribution in [0.15, 0.2) is 53.4 Å². The smallest absolute Gasteiger partial charge is 0.261 e. The molecule has 2 atom stereocenters. The molecule has 0 radical (unpaired) electrons. The van der Waals surface area contributed by atoms with Crippen molar-refractivity contribution in [1.29, 1.82) is 0 Å². The number of nitrogens with one attached hydrogen (secondary N) is 1. The third-order valence-corrected chi connectivity index (χ3v) is 5.66. The molecule has 0 aromatic heterocycles. The molecule has 1 amide bonds. The van der Waals surface area contributed by atoms with Crippen LogP contribution in [0.25, 0.3) is 0 Å². The van der Waals surface area contributed by atoms with E-state index >= 15 is 0 Å². The maximum atomic E-state index is 13.0. The third-order valence-electron chi connectivity index (χ3n) is 4.26. The van der Waals surface area contributed by atoms with Crippen molar-refractivity contribution in [2.45, 2.75) is 37.3 Å². The van der Waals surface area contributed by atoms with E-state index in [-0.39, 0.29) is 30.4 Å². The van der Waals surface area contributed by atoms with Gasteiger partial charge in [0.05, 0.1) is 30.1 Å². The molecule has 0 spiro atoms. The van der Waals surface area contributed by atoms with Crippen LogP contribution in [0.2, 0.25) is 0 Å². The minimum atomic E-state index is -3.85. The van der Waals surface area contributed by atoms with E-state index in [1.807, 2.05) is 0 Å². The Hall–Kier alpha value is -2.49. The van der Waals surface area contributed by atoms with Crippen LogP contribution in [0.1, 0.15) is 19.4 Å². The normalized spacial score (nSPS) is 13.6. The minimum absolute atomic E-state index is 0.0437. The Kier molecular flexibility index (Phi) is 7.72. The summed E-state index contributed by atoms with van der Waals surface area (Å²) in [6.45, 7) is 3.14. The lowest BCUT2D eigenvalue weighted by Crippen LogP contribution is -2.45. The van der Waals surface area contributed by atoms with Gasteiger partial charge < -0.3 is 15.1 Å². The number of rotatable bonds is 9. The fourth-order valence-electron chi connectivity index (χ4n) is 2.71. The lowest BCUT2D eigenvalue weighted by molar-refractivity contribution is -0.134. The monoisotopic (exact) mass is 424 g/mol. The summed E-state index contributed by atoms with van der Waals surface area (Å²) in [6, 6.07) is 10.3. The number of hydrogen-bond donors (Lipinski definition) is 3. The number of aliphatic hydroxyl groups is 2. The van der Waals surface area contributed by atoms with Gasteiger partial charge in [0.2, 0.25) is 5.91 Å². The van der Waals surface area contributed by atoms with Gasteiger partial charge in [-0.3, -0.25) is 9.52 Å². The van der Waals surface area contributed by atoms with E-state index in [4.69, 9.17) is 0 Å². The standard InChI is InChI=1S/C20H25FN2O5S/c1-14(13-24)23(12-15(2)25)20(26)11-16-3-7-18(8-4-16)22-29(27,28)19-9-5-17(21)6-10-19/h3-10,14-15,22,24-25H,11-13H2,1-2H3. The van der Waals surface area contributed by atoms with Gasteiger partial charge in [-0.25, -0.2) is 12.8 Å². The zero-order valence-corrected chi connectivity index (χ0v) is 17.1. The molecule has 0 aliphatic carbocycles. The largest absolute Gasteiger partial charge is 0.394 e. The first-order valence-electron chi connectivity index (χ1n) is 9.08. The molecule has 3 N–H and O–H groups in total. The summed E-state index contributed by atoms with van der Waals surface area (Å²) in [5.41, 5.74) is 0.954. The maximum absolute atomic E-state index is 13.0. The molecule has 2 aromatic rings. The van der Waals surface area contributed by atoms with Gasteiger partial charge in [0.1, 0.15) is 5.82 Å². The second-order valence-corrected chi connectivity index (χ2v) is 8.54. The lowest BCUT2D eigenvalue weighted by atomic mass is 10.1. The molecule has 29 heavy (non-hydrogen) atoms. The highest BCUT2D eigenvalue weighted by Gasteiger charge is 2.21. The van der Waals surface area contributed by atoms with Crippen molar-refractivity contribution in [3.05, 3.63) is 59.9 Å². The maximum Gasteiger partial charge on any atom is 0.261 e. The van der Waals surface area contributed by atoms with Crippen LogP contribution in [-0.4, -0.2) is 54.7 Å². The number of hydrogen-bond acceptors (Lipinski definition) is 5. The first kappa shape index (κ1) is 22.8. The van der Waals surface area contributed by atoms with Gasteiger partial charge in [0, 0.05) is 12.2 Å². The Balaban J connectivity index is 2.07. The molecule has 0 heterocycles. The van der Waals surface area contributed by atoms with Crippen molar-refractivity contribution in [3.8, 4) is 0 Å². The molecule has 2 unspecified atom stereocenters. The number of amides is 1. The summed E-state index contributed by atoms with van der Waals surface area (Å²) < 4.78 is 40.0. The minimum Gasteiger partial charge on any atom is -0.394 e. The lowest BCUT2D eigenvalue weighted by Gasteiger charge is -2.29. The predicted molar refractivity (Wildman–Crippen MR) is 107 cm³/mol. The van der Waals surface area contributed by atoms with Crippen molar-refractivity contribution >= 4 is 21.6 Å². The van der Waals surface area contributed by atoms with E-state index in [1.54, 1.807) is 26.0 Å². The Morgan fingerprint density at radius 3 is 2.21 bits per heavy atom. The average Bonchev–Trinajstić information content (AvgIpc) is 2.67. The summed E-state index contributed by atoms with van der Waals surface area (Å²) in [4.78, 5) is 13.9. The number of benzene rings is 2. The van der Waals surface area contributed by atoms with E-state index in [1.165, 1.54) is 29.2 Å². The highest BCUT2D eigenvalue weighted by atomic mass is 32.2. The van der Waals surface area contributed by atoms with Crippen LogP contribution < -0.4 is 4.72 Å². The molecule has 2 rings (SSSR count). The summed E-state index contributed by atoms with van der Waals surface area (Å²) in [5.74, 6) is -0.787. The van der Waals surface area contributed by atoms with Gasteiger partial charge in [-0.1, -0.05) is 12.1 Å². The molecule has 0 aliphatic rings. The fraction of sp³-hybridized carbons (Fsp3) is 0.350. The zero-order valence-electron chi connectivity index (χ0n) is 16.2. The van der Waals surface area contributed by atoms with Gasteiger partial charge in [-0.2, -0.15) is 0 Å². The number of carbonyl (C=O) groups is 1. The Morgan fingerprint density at radius 2 is 1.69 bits per heavy atom.